The third-order valence-electron chi connectivity index (χ3n) is 2.91. The predicted molar refractivity (Wildman–Crippen MR) is 67.1 cm³/mol. The number of fused-ring (bicyclic) bond motifs is 3. The SMILES string of the molecule is COc1ccc2c(c1)[nH]c1cnc(C(=O)O)cc12. The summed E-state index contributed by atoms with van der Waals surface area (Å²) >= 11 is 0. The molecule has 0 fully saturated rings. The molecule has 2 aromatic heterocycles. The van der Waals surface area contributed by atoms with E-state index in [0.717, 1.165) is 27.6 Å². The highest BCUT2D eigenvalue weighted by molar-refractivity contribution is 6.08. The summed E-state index contributed by atoms with van der Waals surface area (Å²) in [6, 6.07) is 7.19. The van der Waals surface area contributed by atoms with Gasteiger partial charge in [-0.15, -0.1) is 0 Å². The van der Waals surface area contributed by atoms with E-state index in [4.69, 9.17) is 9.84 Å². The maximum Gasteiger partial charge on any atom is 0.354 e. The van der Waals surface area contributed by atoms with E-state index < -0.39 is 5.97 Å². The van der Waals surface area contributed by atoms with Gasteiger partial charge in [-0.1, -0.05) is 0 Å². The number of carboxylic acid groups (broad SMARTS) is 1. The van der Waals surface area contributed by atoms with Crippen molar-refractivity contribution in [2.75, 3.05) is 7.11 Å². The zero-order valence-corrected chi connectivity index (χ0v) is 9.60. The molecule has 0 aliphatic rings. The van der Waals surface area contributed by atoms with E-state index in [1.165, 1.54) is 6.20 Å². The first-order valence-electron chi connectivity index (χ1n) is 5.38. The van der Waals surface area contributed by atoms with Crippen molar-refractivity contribution >= 4 is 27.8 Å². The number of aromatic amines is 1. The maximum atomic E-state index is 10.9. The van der Waals surface area contributed by atoms with Gasteiger partial charge < -0.3 is 14.8 Å². The van der Waals surface area contributed by atoms with E-state index in [-0.39, 0.29) is 5.69 Å². The van der Waals surface area contributed by atoms with Crippen LogP contribution < -0.4 is 4.74 Å². The number of aromatic nitrogens is 2. The number of nitrogens with one attached hydrogen (secondary N) is 1. The van der Waals surface area contributed by atoms with E-state index in [1.54, 1.807) is 13.2 Å². The van der Waals surface area contributed by atoms with Gasteiger partial charge in [-0.2, -0.15) is 0 Å². The molecule has 5 nitrogen and oxygen atoms in total. The van der Waals surface area contributed by atoms with Crippen LogP contribution in [-0.4, -0.2) is 28.2 Å². The Morgan fingerprint density at radius 1 is 1.28 bits per heavy atom. The van der Waals surface area contributed by atoms with Crippen LogP contribution in [0.1, 0.15) is 10.5 Å². The van der Waals surface area contributed by atoms with E-state index in [1.807, 2.05) is 18.2 Å². The molecule has 90 valence electrons. The number of carboxylic acids is 1. The molecule has 0 bridgehead atoms. The van der Waals surface area contributed by atoms with Crippen molar-refractivity contribution in [1.82, 2.24) is 9.97 Å². The molecule has 0 unspecified atom stereocenters. The molecule has 1 aromatic carbocycles. The summed E-state index contributed by atoms with van der Waals surface area (Å²) < 4.78 is 5.15. The molecule has 0 saturated heterocycles. The number of pyridine rings is 1. The largest absolute Gasteiger partial charge is 0.497 e. The van der Waals surface area contributed by atoms with Gasteiger partial charge in [0, 0.05) is 16.8 Å². The van der Waals surface area contributed by atoms with Crippen molar-refractivity contribution in [1.29, 1.82) is 0 Å². The lowest BCUT2D eigenvalue weighted by atomic mass is 10.1. The lowest BCUT2D eigenvalue weighted by Crippen LogP contribution is -1.98. The molecule has 3 aromatic rings. The molecule has 18 heavy (non-hydrogen) atoms. The highest BCUT2D eigenvalue weighted by atomic mass is 16.5. The third kappa shape index (κ3) is 1.48. The molecule has 3 rings (SSSR count). The van der Waals surface area contributed by atoms with Crippen molar-refractivity contribution in [3.63, 3.8) is 0 Å². The van der Waals surface area contributed by atoms with Gasteiger partial charge in [0.2, 0.25) is 0 Å². The number of aromatic carboxylic acids is 1. The van der Waals surface area contributed by atoms with Crippen molar-refractivity contribution in [3.8, 4) is 5.75 Å². The van der Waals surface area contributed by atoms with Crippen LogP contribution in [0.5, 0.6) is 5.75 Å². The molecule has 0 aliphatic carbocycles. The van der Waals surface area contributed by atoms with Gasteiger partial charge in [-0.3, -0.25) is 0 Å². The monoisotopic (exact) mass is 242 g/mol. The Bertz CT molecular complexity index is 761. The second-order valence-corrected chi connectivity index (χ2v) is 3.96. The Kier molecular flexibility index (Phi) is 2.19. The molecule has 0 radical (unpaired) electrons. The normalized spacial score (nSPS) is 10.9. The number of carbonyl (C=O) groups is 1. The summed E-state index contributed by atoms with van der Waals surface area (Å²) in [6.07, 6.45) is 1.53. The van der Waals surface area contributed by atoms with Gasteiger partial charge in [0.05, 0.1) is 24.3 Å². The Morgan fingerprint density at radius 3 is 2.83 bits per heavy atom. The Balaban J connectivity index is 2.34. The van der Waals surface area contributed by atoms with Crippen LogP contribution >= 0.6 is 0 Å². The number of nitrogens with zero attached hydrogens (tertiary/aromatic N) is 1. The second-order valence-electron chi connectivity index (χ2n) is 3.96. The Labute approximate surface area is 102 Å². The summed E-state index contributed by atoms with van der Waals surface area (Å²) in [5.74, 6) is -0.278. The van der Waals surface area contributed by atoms with Crippen LogP contribution in [0.2, 0.25) is 0 Å². The maximum absolute atomic E-state index is 10.9. The number of rotatable bonds is 2. The third-order valence-corrected chi connectivity index (χ3v) is 2.91. The Hall–Kier alpha value is -2.56. The first-order valence-corrected chi connectivity index (χ1v) is 5.38. The van der Waals surface area contributed by atoms with E-state index in [2.05, 4.69) is 9.97 Å². The smallest absolute Gasteiger partial charge is 0.354 e. The topological polar surface area (TPSA) is 75.2 Å². The summed E-state index contributed by atoms with van der Waals surface area (Å²) in [5.41, 5.74) is 1.75. The van der Waals surface area contributed by atoms with Crippen molar-refractivity contribution < 1.29 is 14.6 Å². The zero-order valence-electron chi connectivity index (χ0n) is 9.60. The second kappa shape index (κ2) is 3.73. The fourth-order valence-corrected chi connectivity index (χ4v) is 2.03. The molecule has 2 heterocycles. The molecule has 0 aliphatic heterocycles. The van der Waals surface area contributed by atoms with Crippen molar-refractivity contribution in [2.45, 2.75) is 0 Å². The van der Waals surface area contributed by atoms with E-state index in [0.29, 0.717) is 0 Å². The number of benzene rings is 1. The number of H-pyrrole nitrogens is 1. The molecule has 5 heteroatoms. The molecule has 0 atom stereocenters. The number of ether oxygens (including phenoxy) is 1. The van der Waals surface area contributed by atoms with E-state index >= 15 is 0 Å². The molecule has 0 amide bonds. The van der Waals surface area contributed by atoms with Gasteiger partial charge in [0.25, 0.3) is 0 Å². The number of methoxy groups -OCH3 is 1. The van der Waals surface area contributed by atoms with Crippen LogP contribution in [0.3, 0.4) is 0 Å². The van der Waals surface area contributed by atoms with Crippen LogP contribution in [0.4, 0.5) is 0 Å². The quantitative estimate of drug-likeness (QED) is 0.723. The Morgan fingerprint density at radius 2 is 2.11 bits per heavy atom. The molecule has 2 N–H and O–H groups in total. The van der Waals surface area contributed by atoms with Crippen molar-refractivity contribution in [3.05, 3.63) is 36.2 Å². The minimum atomic E-state index is -1.03. The number of hydrogen-bond donors (Lipinski definition) is 2. The van der Waals surface area contributed by atoms with Gasteiger partial charge in [-0.05, 0) is 18.2 Å². The van der Waals surface area contributed by atoms with E-state index in [9.17, 15) is 4.79 Å². The van der Waals surface area contributed by atoms with Crippen LogP contribution in [0.25, 0.3) is 21.8 Å². The number of hydrogen-bond acceptors (Lipinski definition) is 3. The van der Waals surface area contributed by atoms with Gasteiger partial charge in [0.1, 0.15) is 11.4 Å². The molecule has 0 saturated carbocycles. The standard InChI is InChI=1S/C13H10N2O3/c1-18-7-2-3-8-9-5-11(13(16)17)14-6-12(9)15-10(8)4-7/h2-6,15H,1H3,(H,16,17). The fourth-order valence-electron chi connectivity index (χ4n) is 2.03. The minimum absolute atomic E-state index is 0.0409. The summed E-state index contributed by atoms with van der Waals surface area (Å²) in [7, 11) is 1.61. The lowest BCUT2D eigenvalue weighted by Gasteiger charge is -1.98. The van der Waals surface area contributed by atoms with Gasteiger partial charge >= 0.3 is 5.97 Å². The molecular formula is C13H10N2O3. The highest BCUT2D eigenvalue weighted by Crippen LogP contribution is 2.28. The average molecular weight is 242 g/mol. The van der Waals surface area contributed by atoms with Crippen LogP contribution in [-0.2, 0) is 0 Å². The summed E-state index contributed by atoms with van der Waals surface area (Å²) in [4.78, 5) is 18.0. The zero-order chi connectivity index (χ0) is 12.7. The summed E-state index contributed by atoms with van der Waals surface area (Å²) in [5, 5.41) is 10.7. The first-order chi connectivity index (χ1) is 8.69. The first kappa shape index (κ1) is 10.6. The van der Waals surface area contributed by atoms with Crippen molar-refractivity contribution in [2.24, 2.45) is 0 Å². The lowest BCUT2D eigenvalue weighted by molar-refractivity contribution is 0.0691. The fraction of sp³-hybridized carbons (Fsp3) is 0.0769. The van der Waals surface area contributed by atoms with Crippen LogP contribution in [0, 0.1) is 0 Å². The summed E-state index contributed by atoms with van der Waals surface area (Å²) in [6.45, 7) is 0. The van der Waals surface area contributed by atoms with Gasteiger partial charge in [-0.25, -0.2) is 9.78 Å². The van der Waals surface area contributed by atoms with Gasteiger partial charge in [0.15, 0.2) is 0 Å². The molecular weight excluding hydrogens is 232 g/mol. The minimum Gasteiger partial charge on any atom is -0.497 e. The average Bonchev–Trinajstić information content (AvgIpc) is 2.74. The molecule has 0 spiro atoms. The van der Waals surface area contributed by atoms with Crippen LogP contribution in [0.15, 0.2) is 30.5 Å². The predicted octanol–water partition coefficient (Wildman–Crippen LogP) is 2.42. The highest BCUT2D eigenvalue weighted by Gasteiger charge is 2.10.